The van der Waals surface area contributed by atoms with Crippen molar-refractivity contribution in [1.82, 2.24) is 24.6 Å². The Morgan fingerprint density at radius 2 is 1.85 bits per heavy atom. The molecule has 0 aromatic carbocycles. The van der Waals surface area contributed by atoms with Crippen LogP contribution in [0, 0.1) is 5.92 Å². The lowest BCUT2D eigenvalue weighted by atomic mass is 10.0. The number of fused-ring (bicyclic) bond motifs is 1. The third kappa shape index (κ3) is 3.34. The van der Waals surface area contributed by atoms with E-state index >= 15 is 0 Å². The number of nitrogens with zero attached hydrogens (tertiary/aromatic N) is 5. The number of hydrogen-bond acceptors (Lipinski definition) is 7. The molecule has 4 rings (SSSR count). The van der Waals surface area contributed by atoms with Gasteiger partial charge in [-0.3, -0.25) is 9.59 Å². The van der Waals surface area contributed by atoms with Gasteiger partial charge in [0, 0.05) is 26.1 Å². The normalized spacial score (nSPS) is 27.4. The minimum Gasteiger partial charge on any atom is -0.335 e. The molecule has 3 fully saturated rings. The number of aromatic nitrogens is 3. The summed E-state index contributed by atoms with van der Waals surface area (Å²) in [5.74, 6) is 0.0452. The largest absolute Gasteiger partial charge is 0.335 e. The van der Waals surface area contributed by atoms with E-state index in [-0.39, 0.29) is 35.0 Å². The number of hydrogen-bond donors (Lipinski definition) is 0. The predicted octanol–water partition coefficient (Wildman–Crippen LogP) is -0.846. The van der Waals surface area contributed by atoms with Gasteiger partial charge in [-0.05, 0) is 12.8 Å². The molecule has 0 radical (unpaired) electrons. The summed E-state index contributed by atoms with van der Waals surface area (Å²) in [6, 6.07) is -0.852. The molecule has 2 aliphatic heterocycles. The number of thioether (sulfide) groups is 1. The van der Waals surface area contributed by atoms with Crippen molar-refractivity contribution in [2.45, 2.75) is 30.1 Å². The monoisotopic (exact) mass is 399 g/mol. The van der Waals surface area contributed by atoms with Gasteiger partial charge in [0.2, 0.25) is 11.8 Å². The first-order valence-corrected chi connectivity index (χ1v) is 11.4. The number of aryl methyl sites for hydroxylation is 1. The van der Waals surface area contributed by atoms with Gasteiger partial charge in [-0.1, -0.05) is 11.8 Å². The van der Waals surface area contributed by atoms with E-state index in [1.807, 2.05) is 0 Å². The van der Waals surface area contributed by atoms with Gasteiger partial charge in [0.05, 0.1) is 29.3 Å². The lowest BCUT2D eigenvalue weighted by Gasteiger charge is -2.44. The molecule has 0 N–H and O–H groups in total. The van der Waals surface area contributed by atoms with Crippen molar-refractivity contribution in [2.24, 2.45) is 13.0 Å². The minimum absolute atomic E-state index is 0.0453. The fourth-order valence-electron chi connectivity index (χ4n) is 3.71. The van der Waals surface area contributed by atoms with Crippen LogP contribution in [-0.2, 0) is 26.5 Å². The summed E-state index contributed by atoms with van der Waals surface area (Å²) in [4.78, 5) is 28.6. The summed E-state index contributed by atoms with van der Waals surface area (Å²) in [5.41, 5.74) is 0. The Hall–Kier alpha value is -1.62. The molecule has 1 saturated carbocycles. The molecule has 0 unspecified atom stereocenters. The van der Waals surface area contributed by atoms with Crippen LogP contribution >= 0.6 is 11.8 Å². The molecule has 0 spiro atoms. The highest BCUT2D eigenvalue weighted by atomic mass is 32.2. The van der Waals surface area contributed by atoms with Gasteiger partial charge >= 0.3 is 0 Å². The Morgan fingerprint density at radius 1 is 1.19 bits per heavy atom. The maximum Gasteiger partial charge on any atom is 0.233 e. The number of sulfone groups is 1. The quantitative estimate of drug-likeness (QED) is 0.608. The minimum atomic E-state index is -3.25. The summed E-state index contributed by atoms with van der Waals surface area (Å²) < 4.78 is 26.1. The van der Waals surface area contributed by atoms with Gasteiger partial charge in [0.25, 0.3) is 0 Å². The van der Waals surface area contributed by atoms with Crippen LogP contribution in [0.5, 0.6) is 0 Å². The molecule has 1 aromatic heterocycles. The molecule has 2 saturated heterocycles. The van der Waals surface area contributed by atoms with E-state index in [0.717, 1.165) is 12.8 Å². The average Bonchev–Trinajstić information content (AvgIpc) is 3.27. The molecular formula is C15H21N5O4S2. The number of amides is 2. The second-order valence-corrected chi connectivity index (χ2v) is 10.2. The maximum atomic E-state index is 12.7. The SMILES string of the molecule is Cn1cnnc1SCC(=O)N1CCN(C(=O)C2CC2)[C@@H]2CS(=O)(=O)C[C@@H]21. The number of carbonyl (C=O) groups is 2. The van der Waals surface area contributed by atoms with E-state index in [2.05, 4.69) is 10.2 Å². The summed E-state index contributed by atoms with van der Waals surface area (Å²) >= 11 is 1.28. The molecule has 11 heteroatoms. The van der Waals surface area contributed by atoms with Crippen molar-refractivity contribution < 1.29 is 18.0 Å². The second-order valence-electron chi connectivity index (χ2n) is 7.12. The predicted molar refractivity (Wildman–Crippen MR) is 94.1 cm³/mol. The molecular weight excluding hydrogens is 378 g/mol. The molecule has 1 aromatic rings. The molecule has 26 heavy (non-hydrogen) atoms. The van der Waals surface area contributed by atoms with Crippen LogP contribution < -0.4 is 0 Å². The van der Waals surface area contributed by atoms with E-state index in [1.165, 1.54) is 11.8 Å². The fraction of sp³-hybridized carbons (Fsp3) is 0.733. The maximum absolute atomic E-state index is 12.7. The third-order valence-electron chi connectivity index (χ3n) is 5.20. The third-order valence-corrected chi connectivity index (χ3v) is 7.92. The van der Waals surface area contributed by atoms with Gasteiger partial charge < -0.3 is 14.4 Å². The topological polar surface area (TPSA) is 105 Å². The van der Waals surface area contributed by atoms with E-state index in [0.29, 0.717) is 18.2 Å². The van der Waals surface area contributed by atoms with Gasteiger partial charge in [-0.2, -0.15) is 0 Å². The van der Waals surface area contributed by atoms with E-state index in [9.17, 15) is 18.0 Å². The first kappa shape index (κ1) is 17.8. The highest BCUT2D eigenvalue weighted by Crippen LogP contribution is 2.35. The number of piperazine rings is 1. The molecule has 142 valence electrons. The van der Waals surface area contributed by atoms with Crippen LogP contribution in [0.25, 0.3) is 0 Å². The Balaban J connectivity index is 1.48. The van der Waals surface area contributed by atoms with Gasteiger partial charge in [-0.15, -0.1) is 10.2 Å². The van der Waals surface area contributed by atoms with Gasteiger partial charge in [0.15, 0.2) is 15.0 Å². The standard InChI is InChI=1S/C15H21N5O4S2/c1-18-9-16-17-15(18)25-6-13(21)19-4-5-20(14(22)10-2-3-10)12-8-26(23,24)7-11(12)19/h9-12H,2-8H2,1H3/t11-,12+/m0/s1. The summed E-state index contributed by atoms with van der Waals surface area (Å²) in [7, 11) is -1.45. The van der Waals surface area contributed by atoms with Gasteiger partial charge in [0.1, 0.15) is 6.33 Å². The molecule has 3 aliphatic rings. The van der Waals surface area contributed by atoms with Crippen molar-refractivity contribution in [3.05, 3.63) is 6.33 Å². The van der Waals surface area contributed by atoms with Crippen molar-refractivity contribution in [2.75, 3.05) is 30.3 Å². The zero-order chi connectivity index (χ0) is 18.5. The lowest BCUT2D eigenvalue weighted by Crippen LogP contribution is -2.62. The molecule has 2 atom stereocenters. The fourth-order valence-corrected chi connectivity index (χ4v) is 6.47. The van der Waals surface area contributed by atoms with Crippen LogP contribution in [0.15, 0.2) is 11.5 Å². The molecule has 9 nitrogen and oxygen atoms in total. The lowest BCUT2D eigenvalue weighted by molar-refractivity contribution is -0.144. The highest BCUT2D eigenvalue weighted by Gasteiger charge is 2.51. The Kier molecular flexibility index (Phi) is 4.46. The zero-order valence-corrected chi connectivity index (χ0v) is 16.1. The van der Waals surface area contributed by atoms with E-state index in [4.69, 9.17) is 0 Å². The van der Waals surface area contributed by atoms with Crippen LogP contribution in [0.1, 0.15) is 12.8 Å². The van der Waals surface area contributed by atoms with E-state index < -0.39 is 21.9 Å². The number of carbonyl (C=O) groups excluding carboxylic acids is 2. The summed E-state index contributed by atoms with van der Waals surface area (Å²) in [6.45, 7) is 0.791. The van der Waals surface area contributed by atoms with Crippen LogP contribution in [0.4, 0.5) is 0 Å². The molecule has 3 heterocycles. The molecule has 0 bridgehead atoms. The van der Waals surface area contributed by atoms with Crippen molar-refractivity contribution in [1.29, 1.82) is 0 Å². The average molecular weight is 399 g/mol. The Morgan fingerprint density at radius 3 is 2.46 bits per heavy atom. The Bertz CT molecular complexity index is 835. The second kappa shape index (κ2) is 6.52. The van der Waals surface area contributed by atoms with Crippen LogP contribution in [-0.4, -0.2) is 87.2 Å². The highest BCUT2D eigenvalue weighted by molar-refractivity contribution is 7.99. The first-order chi connectivity index (χ1) is 12.4. The first-order valence-electron chi connectivity index (χ1n) is 8.63. The van der Waals surface area contributed by atoms with Crippen molar-refractivity contribution >= 4 is 33.4 Å². The van der Waals surface area contributed by atoms with Crippen molar-refractivity contribution in [3.8, 4) is 0 Å². The van der Waals surface area contributed by atoms with E-state index in [1.54, 1.807) is 27.7 Å². The molecule has 2 amide bonds. The summed E-state index contributed by atoms with van der Waals surface area (Å²) in [5, 5.41) is 8.36. The van der Waals surface area contributed by atoms with Crippen molar-refractivity contribution in [3.63, 3.8) is 0 Å². The summed E-state index contributed by atoms with van der Waals surface area (Å²) in [6.07, 6.45) is 3.33. The Labute approximate surface area is 156 Å². The number of rotatable bonds is 4. The zero-order valence-electron chi connectivity index (χ0n) is 14.4. The smallest absolute Gasteiger partial charge is 0.233 e. The van der Waals surface area contributed by atoms with Crippen LogP contribution in [0.3, 0.4) is 0 Å². The van der Waals surface area contributed by atoms with Crippen LogP contribution in [0.2, 0.25) is 0 Å². The van der Waals surface area contributed by atoms with Gasteiger partial charge in [-0.25, -0.2) is 8.42 Å². The molecule has 1 aliphatic carbocycles.